The summed E-state index contributed by atoms with van der Waals surface area (Å²) in [4.78, 5) is 15.8. The molecule has 1 atom stereocenters. The van der Waals surface area contributed by atoms with Gasteiger partial charge in [-0.05, 0) is 94.4 Å². The lowest BCUT2D eigenvalue weighted by Crippen LogP contribution is -2.69. The Morgan fingerprint density at radius 1 is 1.00 bits per heavy atom. The molecule has 6 aliphatic rings. The summed E-state index contributed by atoms with van der Waals surface area (Å²) in [5.41, 5.74) is 2.30. The Hall–Kier alpha value is -1.51. The van der Waals surface area contributed by atoms with Crippen LogP contribution in [0.5, 0.6) is 5.75 Å². The second kappa shape index (κ2) is 6.00. The highest BCUT2D eigenvalue weighted by molar-refractivity contribution is 5.90. The van der Waals surface area contributed by atoms with Crippen LogP contribution in [0, 0.1) is 29.1 Å². The van der Waals surface area contributed by atoms with Crippen molar-refractivity contribution in [2.24, 2.45) is 29.1 Å². The molecule has 1 aromatic rings. The monoisotopic (exact) mass is 379 g/mol. The maximum Gasteiger partial charge on any atom is 0.231 e. The van der Waals surface area contributed by atoms with Gasteiger partial charge in [0.2, 0.25) is 5.91 Å². The van der Waals surface area contributed by atoms with Crippen molar-refractivity contribution in [3.63, 3.8) is 0 Å². The number of hydrogen-bond acceptors (Lipinski definition) is 2. The van der Waals surface area contributed by atoms with Gasteiger partial charge in [0, 0.05) is 11.6 Å². The van der Waals surface area contributed by atoms with Crippen molar-refractivity contribution in [2.75, 3.05) is 6.61 Å². The average Bonchev–Trinajstić information content (AvgIpc) is 2.92. The lowest BCUT2D eigenvalue weighted by Gasteiger charge is -2.64. The van der Waals surface area contributed by atoms with E-state index in [1.807, 2.05) is 0 Å². The number of hydrogen-bond donors (Lipinski definition) is 0. The van der Waals surface area contributed by atoms with Gasteiger partial charge >= 0.3 is 0 Å². The number of aryl methyl sites for hydroxylation is 1. The van der Waals surface area contributed by atoms with E-state index in [9.17, 15) is 4.79 Å². The second-order valence-corrected chi connectivity index (χ2v) is 10.9. The number of likely N-dealkylation sites (tertiary alicyclic amines) is 1. The summed E-state index contributed by atoms with van der Waals surface area (Å²) in [5.74, 6) is 4.83. The van der Waals surface area contributed by atoms with Gasteiger partial charge in [-0.2, -0.15) is 0 Å². The molecule has 4 saturated carbocycles. The molecule has 3 nitrogen and oxygen atoms in total. The van der Waals surface area contributed by atoms with E-state index in [0.717, 1.165) is 48.9 Å². The number of benzene rings is 1. The molecule has 1 aromatic carbocycles. The molecule has 28 heavy (non-hydrogen) atoms. The molecular weight excluding hydrogens is 346 g/mol. The molecule has 3 heteroatoms. The van der Waals surface area contributed by atoms with Gasteiger partial charge in [-0.15, -0.1) is 0 Å². The minimum Gasteiger partial charge on any atom is -0.493 e. The van der Waals surface area contributed by atoms with E-state index in [1.54, 1.807) is 0 Å². The average molecular weight is 380 g/mol. The van der Waals surface area contributed by atoms with Gasteiger partial charge in [0.05, 0.1) is 18.1 Å². The molecular formula is C25H33NO2. The Balaban J connectivity index is 1.40. The fraction of sp³-hybridized carbons (Fsp3) is 0.720. The third-order valence-corrected chi connectivity index (χ3v) is 8.75. The number of nitrogens with zero attached hydrogens (tertiary/aromatic N) is 1. The van der Waals surface area contributed by atoms with Gasteiger partial charge in [-0.3, -0.25) is 4.79 Å². The molecule has 150 valence electrons. The van der Waals surface area contributed by atoms with E-state index in [2.05, 4.69) is 36.9 Å². The maximum atomic E-state index is 13.4. The van der Waals surface area contributed by atoms with Crippen LogP contribution < -0.4 is 4.74 Å². The lowest BCUT2D eigenvalue weighted by atomic mass is 9.52. The molecule has 1 amide bonds. The summed E-state index contributed by atoms with van der Waals surface area (Å²) in [6.45, 7) is 5.12. The predicted octanol–water partition coefficient (Wildman–Crippen LogP) is 5.14. The third kappa shape index (κ3) is 2.31. The van der Waals surface area contributed by atoms with E-state index in [1.165, 1.54) is 49.7 Å². The van der Waals surface area contributed by atoms with E-state index < -0.39 is 0 Å². The van der Waals surface area contributed by atoms with E-state index in [0.29, 0.717) is 11.9 Å². The smallest absolute Gasteiger partial charge is 0.231 e. The van der Waals surface area contributed by atoms with Crippen molar-refractivity contribution in [1.29, 1.82) is 0 Å². The molecule has 2 aliphatic heterocycles. The summed E-state index contributed by atoms with van der Waals surface area (Å²) < 4.78 is 6.28. The standard InChI is InChI=1S/C25H33NO2/c1-25(2)23(20-8-5-7-17-6-3-4-9-28-22(17)20)26(24(25)27)21-18-11-15-10-16(13-18)14-19(21)12-15/h5,7-8,15-16,18-19,21,23H,3-4,6,9-14H2,1-2H3. The zero-order valence-corrected chi connectivity index (χ0v) is 17.3. The highest BCUT2D eigenvalue weighted by atomic mass is 16.5. The van der Waals surface area contributed by atoms with Crippen molar-refractivity contribution in [3.05, 3.63) is 29.3 Å². The number of ether oxygens (including phenoxy) is 1. The number of carbonyl (C=O) groups excluding carboxylic acids is 1. The van der Waals surface area contributed by atoms with Crippen LogP contribution in [0.4, 0.5) is 0 Å². The Morgan fingerprint density at radius 2 is 1.71 bits per heavy atom. The van der Waals surface area contributed by atoms with Crippen LogP contribution in [0.25, 0.3) is 0 Å². The van der Waals surface area contributed by atoms with E-state index >= 15 is 0 Å². The molecule has 0 N–H and O–H groups in total. The highest BCUT2D eigenvalue weighted by Crippen LogP contribution is 2.61. The Bertz CT molecular complexity index is 785. The van der Waals surface area contributed by atoms with Crippen LogP contribution >= 0.6 is 0 Å². The fourth-order valence-corrected chi connectivity index (χ4v) is 7.83. The van der Waals surface area contributed by atoms with Gasteiger partial charge < -0.3 is 9.64 Å². The number of fused-ring (bicyclic) bond motifs is 1. The zero-order valence-electron chi connectivity index (χ0n) is 17.3. The second-order valence-electron chi connectivity index (χ2n) is 10.9. The topological polar surface area (TPSA) is 29.5 Å². The first-order chi connectivity index (χ1) is 13.5. The molecule has 0 radical (unpaired) electrons. The molecule has 2 heterocycles. The molecule has 1 unspecified atom stereocenters. The van der Waals surface area contributed by atoms with E-state index in [-0.39, 0.29) is 11.5 Å². The summed E-state index contributed by atoms with van der Waals surface area (Å²) in [6, 6.07) is 7.31. The summed E-state index contributed by atoms with van der Waals surface area (Å²) in [5, 5.41) is 0. The Kier molecular flexibility index (Phi) is 3.72. The first-order valence-electron chi connectivity index (χ1n) is 11.6. The quantitative estimate of drug-likeness (QED) is 0.666. The van der Waals surface area contributed by atoms with Crippen LogP contribution in [0.2, 0.25) is 0 Å². The molecule has 0 spiro atoms. The van der Waals surface area contributed by atoms with Crippen LogP contribution in [-0.4, -0.2) is 23.5 Å². The van der Waals surface area contributed by atoms with Crippen LogP contribution in [0.15, 0.2) is 18.2 Å². The molecule has 5 fully saturated rings. The normalized spacial score (nSPS) is 40.5. The SMILES string of the molecule is CC1(C)C(=O)N(C2C3CC4CC(C3)CC2C4)C1c1cccc2c1OCCCC2. The van der Waals surface area contributed by atoms with Crippen molar-refractivity contribution in [2.45, 2.75) is 77.3 Å². The molecule has 1 saturated heterocycles. The van der Waals surface area contributed by atoms with Gasteiger partial charge in [0.1, 0.15) is 5.75 Å². The first-order valence-corrected chi connectivity index (χ1v) is 11.6. The Labute approximate surface area is 168 Å². The summed E-state index contributed by atoms with van der Waals surface area (Å²) in [6.07, 6.45) is 10.3. The van der Waals surface area contributed by atoms with Crippen molar-refractivity contribution < 1.29 is 9.53 Å². The number of carbonyl (C=O) groups is 1. The minimum atomic E-state index is -0.320. The number of para-hydroxylation sites is 1. The summed E-state index contributed by atoms with van der Waals surface area (Å²) >= 11 is 0. The number of β-lactam (4-membered cyclic amide) rings is 1. The van der Waals surface area contributed by atoms with Gasteiger partial charge in [0.25, 0.3) is 0 Å². The van der Waals surface area contributed by atoms with Crippen LogP contribution in [-0.2, 0) is 11.2 Å². The first kappa shape index (κ1) is 17.4. The lowest BCUT2D eigenvalue weighted by molar-refractivity contribution is -0.191. The van der Waals surface area contributed by atoms with Crippen LogP contribution in [0.3, 0.4) is 0 Å². The van der Waals surface area contributed by atoms with Crippen molar-refractivity contribution in [3.8, 4) is 5.75 Å². The number of amides is 1. The molecule has 0 aromatic heterocycles. The Morgan fingerprint density at radius 3 is 2.43 bits per heavy atom. The van der Waals surface area contributed by atoms with Crippen molar-refractivity contribution in [1.82, 2.24) is 4.90 Å². The van der Waals surface area contributed by atoms with Crippen LogP contribution in [0.1, 0.15) is 76.0 Å². The fourth-order valence-electron chi connectivity index (χ4n) is 7.83. The molecule has 4 bridgehead atoms. The molecule has 4 aliphatic carbocycles. The number of rotatable bonds is 2. The highest BCUT2D eigenvalue weighted by Gasteiger charge is 2.62. The van der Waals surface area contributed by atoms with E-state index in [4.69, 9.17) is 4.74 Å². The zero-order chi connectivity index (χ0) is 19.0. The minimum absolute atomic E-state index is 0.176. The van der Waals surface area contributed by atoms with Gasteiger partial charge in [-0.25, -0.2) is 0 Å². The largest absolute Gasteiger partial charge is 0.493 e. The predicted molar refractivity (Wildman–Crippen MR) is 109 cm³/mol. The molecule has 7 rings (SSSR count). The maximum absolute atomic E-state index is 13.4. The van der Waals surface area contributed by atoms with Gasteiger partial charge in [-0.1, -0.05) is 18.2 Å². The third-order valence-electron chi connectivity index (χ3n) is 8.75. The summed E-state index contributed by atoms with van der Waals surface area (Å²) in [7, 11) is 0. The van der Waals surface area contributed by atoms with Gasteiger partial charge in [0.15, 0.2) is 0 Å². The van der Waals surface area contributed by atoms with Crippen molar-refractivity contribution >= 4 is 5.91 Å².